The highest BCUT2D eigenvalue weighted by Gasteiger charge is 2.16. The molecule has 21 heavy (non-hydrogen) atoms. The molecule has 1 N–H and O–H groups in total. The molecule has 0 bridgehead atoms. The first-order chi connectivity index (χ1) is 10.2. The zero-order chi connectivity index (χ0) is 15.1. The van der Waals surface area contributed by atoms with Crippen molar-refractivity contribution in [2.75, 3.05) is 20.3 Å². The third kappa shape index (κ3) is 3.89. The van der Waals surface area contributed by atoms with E-state index < -0.39 is 5.97 Å². The molecule has 0 aliphatic heterocycles. The van der Waals surface area contributed by atoms with Crippen LogP contribution in [0.5, 0.6) is 17.2 Å². The van der Waals surface area contributed by atoms with E-state index in [1.54, 1.807) is 12.1 Å². The average Bonchev–Trinajstić information content (AvgIpc) is 2.52. The Morgan fingerprint density at radius 1 is 1.00 bits per heavy atom. The number of hydrogen-bond acceptors (Lipinski definition) is 4. The second kappa shape index (κ2) is 7.19. The quantitative estimate of drug-likeness (QED) is 0.794. The van der Waals surface area contributed by atoms with Gasteiger partial charge in [0.15, 0.2) is 11.5 Å². The largest absolute Gasteiger partial charge is 0.493 e. The van der Waals surface area contributed by atoms with Gasteiger partial charge in [0.2, 0.25) is 0 Å². The summed E-state index contributed by atoms with van der Waals surface area (Å²) in [7, 11) is 1.47. The normalized spacial score (nSPS) is 9.95. The van der Waals surface area contributed by atoms with Gasteiger partial charge < -0.3 is 19.3 Å². The summed E-state index contributed by atoms with van der Waals surface area (Å²) in [4.78, 5) is 11.2. The first kappa shape index (κ1) is 14.7. The molecule has 0 aliphatic rings. The summed E-state index contributed by atoms with van der Waals surface area (Å²) >= 11 is 0. The number of benzene rings is 2. The van der Waals surface area contributed by atoms with Crippen molar-refractivity contribution in [1.82, 2.24) is 0 Å². The van der Waals surface area contributed by atoms with E-state index in [1.165, 1.54) is 13.2 Å². The Kier molecular flexibility index (Phi) is 5.04. The molecule has 0 aromatic heterocycles. The van der Waals surface area contributed by atoms with Gasteiger partial charge in [0.1, 0.15) is 24.5 Å². The predicted octanol–water partition coefficient (Wildman–Crippen LogP) is 2.85. The summed E-state index contributed by atoms with van der Waals surface area (Å²) in [6.45, 7) is 0.524. The van der Waals surface area contributed by atoms with Gasteiger partial charge >= 0.3 is 5.97 Å². The lowest BCUT2D eigenvalue weighted by Crippen LogP contribution is -2.12. The minimum Gasteiger partial charge on any atom is -0.493 e. The van der Waals surface area contributed by atoms with Crippen LogP contribution < -0.4 is 14.2 Å². The standard InChI is InChI=1S/C16H16O5/c1-19-14-9-5-8-13(16(17)18)15(14)21-11-10-20-12-6-3-2-4-7-12/h2-9H,10-11H2,1H3,(H,17,18). The van der Waals surface area contributed by atoms with Crippen LogP contribution in [0.15, 0.2) is 48.5 Å². The maximum absolute atomic E-state index is 11.2. The molecule has 110 valence electrons. The minimum atomic E-state index is -1.06. The summed E-state index contributed by atoms with van der Waals surface area (Å²) in [5.41, 5.74) is 0.0639. The lowest BCUT2D eigenvalue weighted by atomic mass is 10.2. The van der Waals surface area contributed by atoms with E-state index in [9.17, 15) is 4.79 Å². The van der Waals surface area contributed by atoms with Crippen LogP contribution in [-0.4, -0.2) is 31.4 Å². The fourth-order valence-corrected chi connectivity index (χ4v) is 1.81. The molecule has 0 aliphatic carbocycles. The Labute approximate surface area is 122 Å². The number of ether oxygens (including phenoxy) is 3. The zero-order valence-electron chi connectivity index (χ0n) is 11.6. The number of carbonyl (C=O) groups is 1. The van der Waals surface area contributed by atoms with Crippen molar-refractivity contribution in [1.29, 1.82) is 0 Å². The molecule has 0 saturated heterocycles. The van der Waals surface area contributed by atoms with E-state index in [4.69, 9.17) is 19.3 Å². The topological polar surface area (TPSA) is 65.0 Å². The molecule has 0 radical (unpaired) electrons. The molecule has 0 unspecified atom stereocenters. The molecule has 2 aromatic carbocycles. The predicted molar refractivity (Wildman–Crippen MR) is 77.4 cm³/mol. The molecule has 2 aromatic rings. The van der Waals surface area contributed by atoms with Crippen LogP contribution in [0.3, 0.4) is 0 Å². The summed E-state index contributed by atoms with van der Waals surface area (Å²) in [5.74, 6) is 0.270. The number of hydrogen-bond donors (Lipinski definition) is 1. The van der Waals surface area contributed by atoms with Crippen molar-refractivity contribution in [3.8, 4) is 17.2 Å². The van der Waals surface area contributed by atoms with Crippen molar-refractivity contribution < 1.29 is 24.1 Å². The highest BCUT2D eigenvalue weighted by Crippen LogP contribution is 2.31. The van der Waals surface area contributed by atoms with Crippen LogP contribution in [-0.2, 0) is 0 Å². The number of carboxylic acids is 1. The van der Waals surface area contributed by atoms with Gasteiger partial charge in [-0.15, -0.1) is 0 Å². The third-order valence-electron chi connectivity index (χ3n) is 2.77. The van der Waals surface area contributed by atoms with Crippen LogP contribution in [0.25, 0.3) is 0 Å². The lowest BCUT2D eigenvalue weighted by Gasteiger charge is -2.13. The Balaban J connectivity index is 1.98. The zero-order valence-corrected chi connectivity index (χ0v) is 11.6. The van der Waals surface area contributed by atoms with E-state index in [0.717, 1.165) is 5.75 Å². The molecule has 0 atom stereocenters. The first-order valence-corrected chi connectivity index (χ1v) is 6.43. The maximum atomic E-state index is 11.2. The highest BCUT2D eigenvalue weighted by atomic mass is 16.5. The second-order valence-corrected chi connectivity index (χ2v) is 4.15. The van der Waals surface area contributed by atoms with E-state index in [-0.39, 0.29) is 17.9 Å². The molecular formula is C16H16O5. The van der Waals surface area contributed by atoms with E-state index >= 15 is 0 Å². The molecule has 5 nitrogen and oxygen atoms in total. The van der Waals surface area contributed by atoms with E-state index in [1.807, 2.05) is 30.3 Å². The molecule has 0 saturated carbocycles. The fourth-order valence-electron chi connectivity index (χ4n) is 1.81. The average molecular weight is 288 g/mol. The van der Waals surface area contributed by atoms with Crippen LogP contribution in [0, 0.1) is 0 Å². The van der Waals surface area contributed by atoms with E-state index in [0.29, 0.717) is 12.4 Å². The second-order valence-electron chi connectivity index (χ2n) is 4.15. The van der Waals surface area contributed by atoms with Crippen LogP contribution >= 0.6 is 0 Å². The van der Waals surface area contributed by atoms with Crippen LogP contribution in [0.1, 0.15) is 10.4 Å². The van der Waals surface area contributed by atoms with Crippen molar-refractivity contribution in [3.05, 3.63) is 54.1 Å². The smallest absolute Gasteiger partial charge is 0.339 e. The third-order valence-corrected chi connectivity index (χ3v) is 2.77. The van der Waals surface area contributed by atoms with E-state index in [2.05, 4.69) is 0 Å². The summed E-state index contributed by atoms with van der Waals surface area (Å²) in [5, 5.41) is 9.15. The number of para-hydroxylation sites is 2. The molecule has 0 fully saturated rings. The first-order valence-electron chi connectivity index (χ1n) is 6.43. The Morgan fingerprint density at radius 2 is 1.71 bits per heavy atom. The number of rotatable bonds is 7. The van der Waals surface area contributed by atoms with Gasteiger partial charge in [-0.2, -0.15) is 0 Å². The van der Waals surface area contributed by atoms with Crippen molar-refractivity contribution >= 4 is 5.97 Å². The van der Waals surface area contributed by atoms with Crippen molar-refractivity contribution in [2.45, 2.75) is 0 Å². The number of aromatic carboxylic acids is 1. The van der Waals surface area contributed by atoms with Crippen LogP contribution in [0.2, 0.25) is 0 Å². The monoisotopic (exact) mass is 288 g/mol. The van der Waals surface area contributed by atoms with Crippen molar-refractivity contribution in [2.24, 2.45) is 0 Å². The summed E-state index contributed by atoms with van der Waals surface area (Å²) < 4.78 is 16.1. The summed E-state index contributed by atoms with van der Waals surface area (Å²) in [6, 6.07) is 14.1. The van der Waals surface area contributed by atoms with Crippen LogP contribution in [0.4, 0.5) is 0 Å². The minimum absolute atomic E-state index is 0.0639. The van der Waals surface area contributed by atoms with Gasteiger partial charge in [0.25, 0.3) is 0 Å². The molecule has 0 amide bonds. The molecular weight excluding hydrogens is 272 g/mol. The van der Waals surface area contributed by atoms with Gasteiger partial charge in [-0.3, -0.25) is 0 Å². The molecule has 0 spiro atoms. The Morgan fingerprint density at radius 3 is 2.38 bits per heavy atom. The van der Waals surface area contributed by atoms with Gasteiger partial charge in [-0.05, 0) is 24.3 Å². The number of methoxy groups -OCH3 is 1. The SMILES string of the molecule is COc1cccc(C(=O)O)c1OCCOc1ccccc1. The fraction of sp³-hybridized carbons (Fsp3) is 0.188. The molecule has 2 rings (SSSR count). The van der Waals surface area contributed by atoms with Gasteiger partial charge in [0, 0.05) is 0 Å². The number of carboxylic acid groups (broad SMARTS) is 1. The van der Waals surface area contributed by atoms with Gasteiger partial charge in [-0.25, -0.2) is 4.79 Å². The van der Waals surface area contributed by atoms with Gasteiger partial charge in [0.05, 0.1) is 7.11 Å². The Bertz CT molecular complexity index is 595. The van der Waals surface area contributed by atoms with Gasteiger partial charge in [-0.1, -0.05) is 24.3 Å². The Hall–Kier alpha value is -2.69. The highest BCUT2D eigenvalue weighted by molar-refractivity contribution is 5.92. The molecule has 5 heteroatoms. The summed E-state index contributed by atoms with van der Waals surface area (Å²) in [6.07, 6.45) is 0. The molecule has 0 heterocycles. The maximum Gasteiger partial charge on any atom is 0.339 e. The van der Waals surface area contributed by atoms with Crippen molar-refractivity contribution in [3.63, 3.8) is 0 Å². The lowest BCUT2D eigenvalue weighted by molar-refractivity contribution is 0.0690.